The molecule has 27 heavy (non-hydrogen) atoms. The van der Waals surface area contributed by atoms with Gasteiger partial charge in [0.05, 0.1) is 25.3 Å². The molecule has 7 heteroatoms. The van der Waals surface area contributed by atoms with Crippen molar-refractivity contribution in [1.29, 1.82) is 0 Å². The molecule has 3 rings (SSSR count). The van der Waals surface area contributed by atoms with Gasteiger partial charge in [-0.2, -0.15) is 11.8 Å². The largest absolute Gasteiger partial charge is 0.379 e. The molecule has 0 aromatic heterocycles. The summed E-state index contributed by atoms with van der Waals surface area (Å²) < 4.78 is 5.55. The second-order valence-corrected chi connectivity index (χ2v) is 8.67. The standard InChI is InChI=1S/C20H31ClN4OS/c1-2-22-19(23-8-6-17-4-3-5-18(21)14-17)24-15-20(7-13-27-16-20)25-9-11-26-12-10-25/h3-5,14H,2,6-13,15-16H2,1H3,(H2,22,23,24). The second-order valence-electron chi connectivity index (χ2n) is 7.13. The molecular weight excluding hydrogens is 380 g/mol. The van der Waals surface area contributed by atoms with E-state index >= 15 is 0 Å². The summed E-state index contributed by atoms with van der Waals surface area (Å²) in [6, 6.07) is 8.05. The lowest BCUT2D eigenvalue weighted by molar-refractivity contribution is -0.0104. The molecule has 5 nitrogen and oxygen atoms in total. The monoisotopic (exact) mass is 410 g/mol. The van der Waals surface area contributed by atoms with Crippen LogP contribution < -0.4 is 10.6 Å². The Labute approximate surface area is 172 Å². The van der Waals surface area contributed by atoms with E-state index in [0.717, 1.165) is 63.3 Å². The van der Waals surface area contributed by atoms with E-state index in [1.807, 2.05) is 18.2 Å². The summed E-state index contributed by atoms with van der Waals surface area (Å²) in [5.74, 6) is 3.30. The zero-order valence-corrected chi connectivity index (χ0v) is 17.7. The number of thioether (sulfide) groups is 1. The van der Waals surface area contributed by atoms with E-state index < -0.39 is 0 Å². The summed E-state index contributed by atoms with van der Waals surface area (Å²) in [7, 11) is 0. The van der Waals surface area contributed by atoms with Crippen molar-refractivity contribution in [1.82, 2.24) is 15.5 Å². The first-order valence-electron chi connectivity index (χ1n) is 9.89. The fraction of sp³-hybridized carbons (Fsp3) is 0.650. The molecule has 0 aliphatic carbocycles. The maximum Gasteiger partial charge on any atom is 0.191 e. The lowest BCUT2D eigenvalue weighted by Gasteiger charge is -2.42. The minimum absolute atomic E-state index is 0.184. The number of hydrogen-bond acceptors (Lipinski definition) is 4. The number of guanidine groups is 1. The van der Waals surface area contributed by atoms with Crippen LogP contribution in [0, 0.1) is 0 Å². The van der Waals surface area contributed by atoms with Crippen molar-refractivity contribution in [3.05, 3.63) is 34.9 Å². The molecule has 0 bridgehead atoms. The van der Waals surface area contributed by atoms with Gasteiger partial charge in [-0.3, -0.25) is 9.89 Å². The van der Waals surface area contributed by atoms with Gasteiger partial charge in [-0.1, -0.05) is 23.7 Å². The Kier molecular flexibility index (Phi) is 8.12. The third-order valence-electron chi connectivity index (χ3n) is 5.24. The van der Waals surface area contributed by atoms with Crippen LogP contribution in [0.15, 0.2) is 29.3 Å². The summed E-state index contributed by atoms with van der Waals surface area (Å²) in [4.78, 5) is 7.57. The predicted octanol–water partition coefficient (Wildman–Crippen LogP) is 2.65. The van der Waals surface area contributed by atoms with Gasteiger partial charge in [0.25, 0.3) is 0 Å². The first-order valence-corrected chi connectivity index (χ1v) is 11.4. The summed E-state index contributed by atoms with van der Waals surface area (Å²) >= 11 is 8.13. The van der Waals surface area contributed by atoms with Crippen molar-refractivity contribution >= 4 is 29.3 Å². The quantitative estimate of drug-likeness (QED) is 0.534. The second kappa shape index (κ2) is 10.6. The summed E-state index contributed by atoms with van der Waals surface area (Å²) in [5, 5.41) is 7.66. The normalized spacial score (nSPS) is 24.1. The van der Waals surface area contributed by atoms with E-state index in [9.17, 15) is 0 Å². The van der Waals surface area contributed by atoms with Crippen LogP contribution in [0.1, 0.15) is 18.9 Å². The number of nitrogens with one attached hydrogen (secondary N) is 2. The van der Waals surface area contributed by atoms with Crippen LogP contribution in [0.5, 0.6) is 0 Å². The number of ether oxygens (including phenoxy) is 1. The number of hydrogen-bond donors (Lipinski definition) is 2. The van der Waals surface area contributed by atoms with E-state index in [1.165, 1.54) is 23.5 Å². The van der Waals surface area contributed by atoms with E-state index in [1.54, 1.807) is 0 Å². The van der Waals surface area contributed by atoms with Crippen LogP contribution in [0.3, 0.4) is 0 Å². The number of aliphatic imine (C=N–C) groups is 1. The van der Waals surface area contributed by atoms with Crippen molar-refractivity contribution in [3.8, 4) is 0 Å². The maximum atomic E-state index is 6.08. The minimum atomic E-state index is 0.184. The highest BCUT2D eigenvalue weighted by atomic mass is 35.5. The van der Waals surface area contributed by atoms with Gasteiger partial charge in [0.15, 0.2) is 5.96 Å². The molecule has 2 N–H and O–H groups in total. The Morgan fingerprint density at radius 3 is 2.89 bits per heavy atom. The lowest BCUT2D eigenvalue weighted by Crippen LogP contribution is -2.56. The average molecular weight is 411 g/mol. The van der Waals surface area contributed by atoms with Crippen molar-refractivity contribution < 1.29 is 4.74 Å². The molecule has 2 heterocycles. The van der Waals surface area contributed by atoms with Crippen molar-refractivity contribution in [3.63, 3.8) is 0 Å². The Balaban J connectivity index is 1.58. The minimum Gasteiger partial charge on any atom is -0.379 e. The summed E-state index contributed by atoms with van der Waals surface area (Å²) in [6.45, 7) is 8.38. The summed E-state index contributed by atoms with van der Waals surface area (Å²) in [6.07, 6.45) is 2.14. The SMILES string of the molecule is CCNC(=NCC1(N2CCOCC2)CCSC1)NCCc1cccc(Cl)c1. The maximum absolute atomic E-state index is 6.08. The van der Waals surface area contributed by atoms with Crippen LogP contribution in [0.25, 0.3) is 0 Å². The fourth-order valence-corrected chi connectivity index (χ4v) is 5.37. The fourth-order valence-electron chi connectivity index (χ4n) is 3.69. The molecule has 2 aliphatic heterocycles. The van der Waals surface area contributed by atoms with Gasteiger partial charge in [-0.25, -0.2) is 0 Å². The predicted molar refractivity (Wildman–Crippen MR) is 116 cm³/mol. The van der Waals surface area contributed by atoms with E-state index in [0.29, 0.717) is 0 Å². The molecule has 1 aromatic rings. The molecule has 0 radical (unpaired) electrons. The van der Waals surface area contributed by atoms with Gasteiger partial charge < -0.3 is 15.4 Å². The smallest absolute Gasteiger partial charge is 0.191 e. The first-order chi connectivity index (χ1) is 13.2. The van der Waals surface area contributed by atoms with Crippen LogP contribution in [-0.2, 0) is 11.2 Å². The lowest BCUT2D eigenvalue weighted by atomic mass is 9.96. The molecule has 1 unspecified atom stereocenters. The van der Waals surface area contributed by atoms with Gasteiger partial charge in [-0.15, -0.1) is 0 Å². The number of morpholine rings is 1. The molecule has 0 saturated carbocycles. The van der Waals surface area contributed by atoms with Crippen LogP contribution in [0.4, 0.5) is 0 Å². The topological polar surface area (TPSA) is 48.9 Å². The van der Waals surface area contributed by atoms with Gasteiger partial charge in [0.1, 0.15) is 0 Å². The Morgan fingerprint density at radius 2 is 2.19 bits per heavy atom. The molecule has 0 spiro atoms. The van der Waals surface area contributed by atoms with Gasteiger partial charge >= 0.3 is 0 Å². The Bertz CT molecular complexity index is 616. The van der Waals surface area contributed by atoms with Crippen LogP contribution in [-0.4, -0.2) is 73.8 Å². The van der Waals surface area contributed by atoms with Gasteiger partial charge in [0, 0.05) is 37.0 Å². The molecule has 0 amide bonds. The zero-order chi connectivity index (χ0) is 19.0. The van der Waals surface area contributed by atoms with E-state index in [-0.39, 0.29) is 5.54 Å². The van der Waals surface area contributed by atoms with Crippen molar-refractivity contribution in [2.75, 3.05) is 57.4 Å². The van der Waals surface area contributed by atoms with Crippen molar-refractivity contribution in [2.45, 2.75) is 25.3 Å². The number of halogens is 1. The van der Waals surface area contributed by atoms with Crippen LogP contribution >= 0.6 is 23.4 Å². The molecule has 2 saturated heterocycles. The first kappa shape index (κ1) is 20.8. The van der Waals surface area contributed by atoms with Crippen molar-refractivity contribution in [2.24, 2.45) is 4.99 Å². The van der Waals surface area contributed by atoms with Crippen LogP contribution in [0.2, 0.25) is 5.02 Å². The number of benzene rings is 1. The molecule has 1 aromatic carbocycles. The highest BCUT2D eigenvalue weighted by Crippen LogP contribution is 2.34. The molecule has 2 aliphatic rings. The molecular formula is C20H31ClN4OS. The summed E-state index contributed by atoms with van der Waals surface area (Å²) in [5.41, 5.74) is 1.42. The Hall–Kier alpha value is -0.950. The highest BCUT2D eigenvalue weighted by molar-refractivity contribution is 7.99. The molecule has 150 valence electrons. The average Bonchev–Trinajstić information content (AvgIpc) is 3.17. The van der Waals surface area contributed by atoms with Gasteiger partial charge in [-0.05, 0) is 43.2 Å². The molecule has 2 fully saturated rings. The third kappa shape index (κ3) is 6.01. The third-order valence-corrected chi connectivity index (χ3v) is 6.70. The van der Waals surface area contributed by atoms with Gasteiger partial charge in [0.2, 0.25) is 0 Å². The Morgan fingerprint density at radius 1 is 1.33 bits per heavy atom. The molecule has 1 atom stereocenters. The highest BCUT2D eigenvalue weighted by Gasteiger charge is 2.40. The number of rotatable bonds is 7. The zero-order valence-electron chi connectivity index (χ0n) is 16.2. The van der Waals surface area contributed by atoms with E-state index in [4.69, 9.17) is 21.3 Å². The van der Waals surface area contributed by atoms with E-state index in [2.05, 4.69) is 40.3 Å². The number of nitrogens with zero attached hydrogens (tertiary/aromatic N) is 2.